The first-order valence-corrected chi connectivity index (χ1v) is 9.50. The SMILES string of the molecule is CC1(S(=O)(=O)[O-])CC(=O)c2ccccc2C1=O.O=C1O[C@H]([C@@H](O)CO)C(O)=C1O.[Na+].[Na+]. The Kier molecular flexibility index (Phi) is 11.1. The minimum Gasteiger partial charge on any atom is -0.747 e. The number of ether oxygens (including phenoxy) is 1. The number of hydrogen-bond acceptors (Lipinski definition) is 11. The first-order valence-electron chi connectivity index (χ1n) is 8.09. The molecular formula is C17H17Na2O11S+. The average Bonchev–Trinajstić information content (AvgIpc) is 2.92. The van der Waals surface area contributed by atoms with Crippen molar-refractivity contribution in [2.24, 2.45) is 0 Å². The van der Waals surface area contributed by atoms with Gasteiger partial charge in [0, 0.05) is 17.5 Å². The number of carbonyl (C=O) groups excluding carboxylic acids is 3. The molecule has 158 valence electrons. The molecule has 1 aromatic rings. The molecule has 1 heterocycles. The van der Waals surface area contributed by atoms with E-state index in [4.69, 9.17) is 20.4 Å². The summed E-state index contributed by atoms with van der Waals surface area (Å²) in [7, 11) is -4.87. The van der Waals surface area contributed by atoms with Gasteiger partial charge in [0.15, 0.2) is 23.4 Å². The molecule has 3 rings (SSSR count). The van der Waals surface area contributed by atoms with E-state index in [0.29, 0.717) is 0 Å². The normalized spacial score (nSPS) is 23.5. The number of aliphatic hydroxyl groups is 4. The van der Waals surface area contributed by atoms with Crippen molar-refractivity contribution in [1.29, 1.82) is 0 Å². The van der Waals surface area contributed by atoms with Crippen LogP contribution < -0.4 is 59.1 Å². The van der Waals surface area contributed by atoms with Gasteiger partial charge in [-0.05, 0) is 6.92 Å². The zero-order valence-electron chi connectivity index (χ0n) is 16.9. The van der Waals surface area contributed by atoms with E-state index in [1.807, 2.05) is 0 Å². The molecule has 0 bridgehead atoms. The van der Waals surface area contributed by atoms with Crippen LogP contribution in [0.4, 0.5) is 0 Å². The van der Waals surface area contributed by atoms with Crippen molar-refractivity contribution in [3.63, 3.8) is 0 Å². The standard InChI is InChI=1S/C11H10O5S.C6H8O6.2Na/c1-11(17(14,15)16)6-9(12)7-4-2-3-5-8(7)10(11)13;7-1-2(8)5-3(9)4(10)6(11)12-5;;/h2-5H,6H2,1H3,(H,14,15,16);2,5,7-10H,1H2;;/q;;2*+1/p-1/t;2-,5+;;/m.0../s1. The molecule has 3 atom stereocenters. The van der Waals surface area contributed by atoms with Gasteiger partial charge in [0.2, 0.25) is 5.76 Å². The third-order valence-electron chi connectivity index (χ3n) is 4.48. The summed E-state index contributed by atoms with van der Waals surface area (Å²) < 4.78 is 35.6. The van der Waals surface area contributed by atoms with Crippen molar-refractivity contribution in [3.05, 3.63) is 46.9 Å². The predicted molar refractivity (Wildman–Crippen MR) is 93.1 cm³/mol. The van der Waals surface area contributed by atoms with Gasteiger partial charge in [-0.3, -0.25) is 9.59 Å². The molecule has 14 heteroatoms. The van der Waals surface area contributed by atoms with Crippen molar-refractivity contribution in [2.75, 3.05) is 6.61 Å². The third kappa shape index (κ3) is 5.96. The Morgan fingerprint density at radius 2 is 1.68 bits per heavy atom. The van der Waals surface area contributed by atoms with Crippen LogP contribution in [0, 0.1) is 0 Å². The third-order valence-corrected chi connectivity index (χ3v) is 5.91. The second-order valence-corrected chi connectivity index (χ2v) is 8.28. The maximum absolute atomic E-state index is 12.0. The fraction of sp³-hybridized carbons (Fsp3) is 0.353. The molecule has 0 saturated carbocycles. The van der Waals surface area contributed by atoms with Crippen molar-refractivity contribution in [3.8, 4) is 0 Å². The van der Waals surface area contributed by atoms with Crippen LogP contribution in [-0.4, -0.2) is 74.5 Å². The summed E-state index contributed by atoms with van der Waals surface area (Å²) in [6, 6.07) is 5.91. The van der Waals surface area contributed by atoms with Crippen molar-refractivity contribution in [2.45, 2.75) is 30.3 Å². The number of Topliss-reactive ketones (excluding diaryl/α,β-unsaturated/α-hetero) is 2. The number of benzene rings is 1. The first-order chi connectivity index (χ1) is 13.3. The van der Waals surface area contributed by atoms with Gasteiger partial charge in [0.05, 0.1) is 6.61 Å². The summed E-state index contributed by atoms with van der Waals surface area (Å²) in [6.45, 7) is 0.334. The van der Waals surface area contributed by atoms with Gasteiger partial charge in [-0.25, -0.2) is 13.2 Å². The molecule has 0 spiro atoms. The predicted octanol–water partition coefficient (Wildman–Crippen LogP) is -6.64. The molecule has 1 aliphatic heterocycles. The van der Waals surface area contributed by atoms with Gasteiger partial charge in [-0.2, -0.15) is 0 Å². The minimum atomic E-state index is -4.87. The van der Waals surface area contributed by atoms with Gasteiger partial charge >= 0.3 is 65.1 Å². The summed E-state index contributed by atoms with van der Waals surface area (Å²) in [5, 5.41) is 35.0. The molecule has 0 aromatic heterocycles. The van der Waals surface area contributed by atoms with E-state index in [9.17, 15) is 27.4 Å². The van der Waals surface area contributed by atoms with E-state index in [1.54, 1.807) is 6.07 Å². The molecule has 1 aliphatic carbocycles. The van der Waals surface area contributed by atoms with Gasteiger partial charge in [0.1, 0.15) is 21.0 Å². The van der Waals surface area contributed by atoms with Crippen LogP contribution >= 0.6 is 0 Å². The second kappa shape index (κ2) is 11.4. The monoisotopic (exact) mass is 475 g/mol. The summed E-state index contributed by atoms with van der Waals surface area (Å²) in [4.78, 5) is 34.3. The number of aliphatic hydroxyl groups excluding tert-OH is 4. The maximum Gasteiger partial charge on any atom is 1.00 e. The number of rotatable bonds is 3. The quantitative estimate of drug-likeness (QED) is 0.184. The van der Waals surface area contributed by atoms with Gasteiger partial charge in [0.25, 0.3) is 0 Å². The molecule has 0 fully saturated rings. The molecule has 2 aliphatic rings. The molecule has 1 unspecified atom stereocenters. The molecular weight excluding hydrogens is 458 g/mol. The van der Waals surface area contributed by atoms with E-state index < -0.39 is 69.2 Å². The molecule has 4 N–H and O–H groups in total. The topological polar surface area (TPSA) is 199 Å². The average molecular weight is 475 g/mol. The summed E-state index contributed by atoms with van der Waals surface area (Å²) >= 11 is 0. The number of fused-ring (bicyclic) bond motifs is 1. The summed E-state index contributed by atoms with van der Waals surface area (Å²) in [5.74, 6) is -4.08. The fourth-order valence-electron chi connectivity index (χ4n) is 2.72. The number of carbonyl (C=O) groups is 3. The number of ketones is 2. The van der Waals surface area contributed by atoms with Gasteiger partial charge < -0.3 is 29.7 Å². The smallest absolute Gasteiger partial charge is 0.747 e. The first kappa shape index (κ1) is 30.2. The van der Waals surface area contributed by atoms with Crippen LogP contribution in [0.2, 0.25) is 0 Å². The summed E-state index contributed by atoms with van der Waals surface area (Å²) in [6.07, 6.45) is -3.37. The Morgan fingerprint density at radius 3 is 2.10 bits per heavy atom. The Balaban J connectivity index is 0.000000575. The van der Waals surface area contributed by atoms with E-state index in [0.717, 1.165) is 6.92 Å². The number of hydrogen-bond donors (Lipinski definition) is 4. The van der Waals surface area contributed by atoms with Crippen LogP contribution in [0.1, 0.15) is 34.1 Å². The Bertz CT molecular complexity index is 1010. The van der Waals surface area contributed by atoms with Crippen molar-refractivity contribution >= 4 is 27.7 Å². The Labute approximate surface area is 221 Å². The van der Waals surface area contributed by atoms with Crippen LogP contribution in [0.3, 0.4) is 0 Å². The van der Waals surface area contributed by atoms with Crippen molar-refractivity contribution < 1.29 is 112 Å². The van der Waals surface area contributed by atoms with E-state index in [-0.39, 0.29) is 70.2 Å². The fourth-order valence-corrected chi connectivity index (χ4v) is 3.36. The number of cyclic esters (lactones) is 1. The Hall–Kier alpha value is -0.800. The molecule has 1 aromatic carbocycles. The van der Waals surface area contributed by atoms with Crippen LogP contribution in [0.5, 0.6) is 0 Å². The molecule has 0 saturated heterocycles. The van der Waals surface area contributed by atoms with Gasteiger partial charge in [-0.15, -0.1) is 0 Å². The maximum atomic E-state index is 12.0. The molecule has 31 heavy (non-hydrogen) atoms. The summed E-state index contributed by atoms with van der Waals surface area (Å²) in [5.41, 5.74) is 0.185. The van der Waals surface area contributed by atoms with Crippen molar-refractivity contribution in [1.82, 2.24) is 0 Å². The second-order valence-electron chi connectivity index (χ2n) is 6.47. The largest absolute Gasteiger partial charge is 1.00 e. The van der Waals surface area contributed by atoms with Gasteiger partial charge in [-0.1, -0.05) is 24.3 Å². The zero-order chi connectivity index (χ0) is 22.1. The molecule has 0 amide bonds. The van der Waals surface area contributed by atoms with E-state index >= 15 is 0 Å². The minimum absolute atomic E-state index is 0. The van der Waals surface area contributed by atoms with E-state index in [2.05, 4.69) is 4.74 Å². The van der Waals surface area contributed by atoms with Crippen LogP contribution in [0.15, 0.2) is 35.8 Å². The van der Waals surface area contributed by atoms with Crippen LogP contribution in [-0.2, 0) is 19.6 Å². The molecule has 0 radical (unpaired) electrons. The van der Waals surface area contributed by atoms with E-state index in [1.165, 1.54) is 18.2 Å². The van der Waals surface area contributed by atoms with Crippen LogP contribution in [0.25, 0.3) is 0 Å². The number of esters is 1. The molecule has 11 nitrogen and oxygen atoms in total. The zero-order valence-corrected chi connectivity index (χ0v) is 21.7. The Morgan fingerprint density at radius 1 is 1.16 bits per heavy atom.